The summed E-state index contributed by atoms with van der Waals surface area (Å²) in [5, 5.41) is 1.58. The van der Waals surface area contributed by atoms with Gasteiger partial charge in [-0.3, -0.25) is 0 Å². The number of aliphatic imine (C=N–C) groups is 1. The summed E-state index contributed by atoms with van der Waals surface area (Å²) in [6, 6.07) is 0. The van der Waals surface area contributed by atoms with Crippen molar-refractivity contribution in [3.05, 3.63) is 10.9 Å². The van der Waals surface area contributed by atoms with E-state index >= 15 is 0 Å². The summed E-state index contributed by atoms with van der Waals surface area (Å²) in [5.74, 6) is 0.238. The van der Waals surface area contributed by atoms with Crippen molar-refractivity contribution in [2.24, 2.45) is 4.99 Å². The van der Waals surface area contributed by atoms with Gasteiger partial charge in [0.05, 0.1) is 10.9 Å². The highest BCUT2D eigenvalue weighted by atomic mass is 35.5. The normalized spacial score (nSPS) is 10.3. The van der Waals surface area contributed by atoms with Crippen molar-refractivity contribution in [3.8, 4) is 5.88 Å². The minimum Gasteiger partial charge on any atom is -0.389 e. The Bertz CT molecular complexity index is 259. The van der Waals surface area contributed by atoms with Crippen LogP contribution in [0.5, 0.6) is 5.88 Å². The van der Waals surface area contributed by atoms with Gasteiger partial charge in [-0.1, -0.05) is 11.6 Å². The van der Waals surface area contributed by atoms with Crippen molar-refractivity contribution in [2.45, 2.75) is 0 Å². The molecule has 0 saturated heterocycles. The first kappa shape index (κ1) is 8.16. The molecule has 0 N–H and O–H groups in total. The van der Waals surface area contributed by atoms with E-state index in [-0.39, 0.29) is 5.88 Å². The summed E-state index contributed by atoms with van der Waals surface area (Å²) in [7, 11) is 0. The van der Waals surface area contributed by atoms with Crippen LogP contribution in [0.25, 0.3) is 0 Å². The van der Waals surface area contributed by atoms with Crippen LogP contribution in [-0.4, -0.2) is 16.8 Å². The average molecular weight is 191 g/mol. The average Bonchev–Trinajstić information content (AvgIpc) is 2.40. The number of halogens is 1. The van der Waals surface area contributed by atoms with Crippen LogP contribution in [0.1, 0.15) is 0 Å². The second-order valence-corrected chi connectivity index (χ2v) is 2.34. The summed E-state index contributed by atoms with van der Waals surface area (Å²) < 4.78 is 4.57. The molecule has 58 valence electrons. The molecular formula is C5H3ClN2O2S. The van der Waals surface area contributed by atoms with Crippen molar-refractivity contribution >= 4 is 34.7 Å². The number of amides is 1. The predicted molar refractivity (Wildman–Crippen MR) is 42.5 cm³/mol. The van der Waals surface area contributed by atoms with Gasteiger partial charge < -0.3 is 4.74 Å². The molecule has 0 unspecified atom stereocenters. The van der Waals surface area contributed by atoms with Crippen molar-refractivity contribution in [1.82, 2.24) is 4.98 Å². The number of thiazole rings is 1. The molecule has 11 heavy (non-hydrogen) atoms. The van der Waals surface area contributed by atoms with E-state index in [4.69, 9.17) is 11.6 Å². The van der Waals surface area contributed by atoms with Gasteiger partial charge in [-0.2, -0.15) is 4.99 Å². The van der Waals surface area contributed by atoms with E-state index in [0.717, 1.165) is 5.67 Å². The maximum absolute atomic E-state index is 10.6. The van der Waals surface area contributed by atoms with Gasteiger partial charge in [0.1, 0.15) is 5.67 Å². The molecule has 0 spiro atoms. The maximum atomic E-state index is 10.6. The number of nitrogens with zero attached hydrogens (tertiary/aromatic N) is 2. The van der Waals surface area contributed by atoms with Gasteiger partial charge in [0.25, 0.3) is 0 Å². The van der Waals surface area contributed by atoms with Gasteiger partial charge in [-0.05, 0) is 0 Å². The summed E-state index contributed by atoms with van der Waals surface area (Å²) in [6.45, 7) is 0. The lowest BCUT2D eigenvalue weighted by Crippen LogP contribution is -2.01. The second-order valence-electron chi connectivity index (χ2n) is 1.42. The van der Waals surface area contributed by atoms with Crippen LogP contribution < -0.4 is 4.74 Å². The Hall–Kier alpha value is -0.940. The molecule has 1 rings (SSSR count). The molecule has 0 aliphatic heterocycles. The van der Waals surface area contributed by atoms with Crippen LogP contribution in [0.15, 0.2) is 15.9 Å². The van der Waals surface area contributed by atoms with Crippen LogP contribution in [0.4, 0.5) is 4.79 Å². The molecule has 4 nitrogen and oxygen atoms in total. The smallest absolute Gasteiger partial charge is 0.389 e. The lowest BCUT2D eigenvalue weighted by Gasteiger charge is -1.91. The number of ether oxygens (including phenoxy) is 1. The first-order chi connectivity index (χ1) is 5.33. The van der Waals surface area contributed by atoms with E-state index in [0.29, 0.717) is 0 Å². The Morgan fingerprint density at radius 3 is 3.27 bits per heavy atom. The molecule has 0 aliphatic carbocycles. The van der Waals surface area contributed by atoms with Gasteiger partial charge in [0.15, 0.2) is 0 Å². The van der Waals surface area contributed by atoms with Crippen molar-refractivity contribution in [1.29, 1.82) is 0 Å². The molecule has 1 aromatic rings. The molecule has 0 atom stereocenters. The second kappa shape index (κ2) is 4.05. The Kier molecular flexibility index (Phi) is 3.00. The fourth-order valence-electron chi connectivity index (χ4n) is 0.407. The molecule has 0 saturated carbocycles. The lowest BCUT2D eigenvalue weighted by atomic mass is 10.9. The first-order valence-corrected chi connectivity index (χ1v) is 3.93. The maximum Gasteiger partial charge on any atom is 0.441 e. The molecule has 1 heterocycles. The van der Waals surface area contributed by atoms with E-state index < -0.39 is 6.09 Å². The fraction of sp³-hybridized carbons (Fsp3) is 0. The van der Waals surface area contributed by atoms with Crippen LogP contribution in [0, 0.1) is 0 Å². The number of aromatic nitrogens is 1. The third-order valence-electron chi connectivity index (χ3n) is 0.756. The standard InChI is InChI=1S/C5H3ClN2O2S/c6-2-7-5(9)10-4-1-11-3-8-4/h1-3H. The highest BCUT2D eigenvalue weighted by molar-refractivity contribution is 7.07. The number of carbonyl (C=O) groups excluding carboxylic acids is 1. The monoisotopic (exact) mass is 190 g/mol. The molecule has 0 aromatic carbocycles. The largest absolute Gasteiger partial charge is 0.441 e. The molecule has 0 bridgehead atoms. The SMILES string of the molecule is O=C(N=CCl)Oc1cscn1. The molecule has 0 fully saturated rings. The lowest BCUT2D eigenvalue weighted by molar-refractivity contribution is 0.210. The van der Waals surface area contributed by atoms with E-state index in [2.05, 4.69) is 14.7 Å². The van der Waals surface area contributed by atoms with Gasteiger partial charge in [0, 0.05) is 0 Å². The van der Waals surface area contributed by atoms with E-state index in [9.17, 15) is 4.79 Å². The minimum absolute atomic E-state index is 0.238. The highest BCUT2D eigenvalue weighted by Crippen LogP contribution is 2.09. The summed E-state index contributed by atoms with van der Waals surface area (Å²) in [6.07, 6.45) is -0.772. The Labute approximate surface area is 71.5 Å². The van der Waals surface area contributed by atoms with Gasteiger partial charge in [0.2, 0.25) is 5.88 Å². The highest BCUT2D eigenvalue weighted by Gasteiger charge is 2.01. The quantitative estimate of drug-likeness (QED) is 0.636. The number of rotatable bonds is 1. The Balaban J connectivity index is 2.50. The van der Waals surface area contributed by atoms with Crippen LogP contribution >= 0.6 is 22.9 Å². The minimum atomic E-state index is -0.772. The Morgan fingerprint density at radius 2 is 2.73 bits per heavy atom. The zero-order chi connectivity index (χ0) is 8.10. The third-order valence-corrected chi connectivity index (χ3v) is 1.42. The summed E-state index contributed by atoms with van der Waals surface area (Å²) >= 11 is 6.35. The summed E-state index contributed by atoms with van der Waals surface area (Å²) in [5.41, 5.74) is 2.39. The number of hydrogen-bond donors (Lipinski definition) is 0. The van der Waals surface area contributed by atoms with Crippen LogP contribution in [-0.2, 0) is 0 Å². The predicted octanol–water partition coefficient (Wildman–Crippen LogP) is 1.91. The van der Waals surface area contributed by atoms with Crippen LogP contribution in [0.2, 0.25) is 0 Å². The summed E-state index contributed by atoms with van der Waals surface area (Å²) in [4.78, 5) is 17.4. The molecule has 1 amide bonds. The van der Waals surface area contributed by atoms with Gasteiger partial charge >= 0.3 is 6.09 Å². The molecule has 0 aliphatic rings. The molecule has 1 aromatic heterocycles. The fourth-order valence-corrected chi connectivity index (χ4v) is 0.938. The third kappa shape index (κ3) is 2.65. The number of hydrogen-bond acceptors (Lipinski definition) is 4. The van der Waals surface area contributed by atoms with Gasteiger partial charge in [-0.25, -0.2) is 9.78 Å². The van der Waals surface area contributed by atoms with Crippen molar-refractivity contribution in [2.75, 3.05) is 0 Å². The number of carbonyl (C=O) groups is 1. The van der Waals surface area contributed by atoms with E-state index in [1.165, 1.54) is 11.3 Å². The Morgan fingerprint density at radius 1 is 1.91 bits per heavy atom. The first-order valence-electron chi connectivity index (χ1n) is 2.55. The van der Waals surface area contributed by atoms with Crippen LogP contribution in [0.3, 0.4) is 0 Å². The van der Waals surface area contributed by atoms with Crippen molar-refractivity contribution < 1.29 is 9.53 Å². The molecule has 0 radical (unpaired) electrons. The zero-order valence-corrected chi connectivity index (χ0v) is 6.80. The van der Waals surface area contributed by atoms with Crippen molar-refractivity contribution in [3.63, 3.8) is 0 Å². The van der Waals surface area contributed by atoms with E-state index in [1.54, 1.807) is 10.9 Å². The van der Waals surface area contributed by atoms with Gasteiger partial charge in [-0.15, -0.1) is 11.3 Å². The molecule has 6 heteroatoms. The van der Waals surface area contributed by atoms with E-state index in [1.807, 2.05) is 0 Å². The molecular weight excluding hydrogens is 188 g/mol. The topological polar surface area (TPSA) is 51.5 Å². The zero-order valence-electron chi connectivity index (χ0n) is 5.23.